The van der Waals surface area contributed by atoms with E-state index in [-0.39, 0.29) is 5.91 Å². The number of amides is 1. The molecule has 0 bridgehead atoms. The zero-order valence-corrected chi connectivity index (χ0v) is 11.8. The molecular formula is C12H13BrN4O. The van der Waals surface area contributed by atoms with Crippen LogP contribution in [0.15, 0.2) is 35.2 Å². The summed E-state index contributed by atoms with van der Waals surface area (Å²) in [4.78, 5) is 22.1. The van der Waals surface area contributed by atoms with E-state index < -0.39 is 0 Å². The fourth-order valence-corrected chi connectivity index (χ4v) is 1.90. The summed E-state index contributed by atoms with van der Waals surface area (Å²) in [5.41, 5.74) is 0.418. The fraction of sp³-hybridized carbons (Fsp3) is 0.250. The standard InChI is InChI=1S/C12H13BrN4O/c1-16-7-6-14-11(16)8-17(2)12(18)9-4-3-5-10(13)15-9/h3-7H,8H2,1-2H3. The number of aromatic nitrogens is 3. The van der Waals surface area contributed by atoms with Gasteiger partial charge in [0.15, 0.2) is 0 Å². The second-order valence-electron chi connectivity index (χ2n) is 3.96. The van der Waals surface area contributed by atoms with Crippen molar-refractivity contribution in [3.05, 3.63) is 46.7 Å². The molecule has 0 fully saturated rings. The van der Waals surface area contributed by atoms with E-state index in [4.69, 9.17) is 0 Å². The first-order chi connectivity index (χ1) is 8.58. The lowest BCUT2D eigenvalue weighted by Gasteiger charge is -2.16. The number of rotatable bonds is 3. The molecule has 2 rings (SSSR count). The van der Waals surface area contributed by atoms with E-state index >= 15 is 0 Å². The number of hydrogen-bond donors (Lipinski definition) is 0. The van der Waals surface area contributed by atoms with Crippen molar-refractivity contribution in [3.63, 3.8) is 0 Å². The molecule has 5 nitrogen and oxygen atoms in total. The first kappa shape index (κ1) is 12.8. The number of nitrogens with zero attached hydrogens (tertiary/aromatic N) is 4. The highest BCUT2D eigenvalue weighted by molar-refractivity contribution is 9.10. The van der Waals surface area contributed by atoms with Gasteiger partial charge in [0.2, 0.25) is 0 Å². The van der Waals surface area contributed by atoms with Crippen LogP contribution in [0.3, 0.4) is 0 Å². The SMILES string of the molecule is CN(Cc1nccn1C)C(=O)c1cccc(Br)n1. The van der Waals surface area contributed by atoms with Gasteiger partial charge >= 0.3 is 0 Å². The van der Waals surface area contributed by atoms with Crippen LogP contribution in [0.4, 0.5) is 0 Å². The predicted molar refractivity (Wildman–Crippen MR) is 70.9 cm³/mol. The number of aryl methyl sites for hydroxylation is 1. The number of carbonyl (C=O) groups excluding carboxylic acids is 1. The number of imidazole rings is 1. The molecule has 0 saturated heterocycles. The van der Waals surface area contributed by atoms with Crippen LogP contribution < -0.4 is 0 Å². The van der Waals surface area contributed by atoms with Gasteiger partial charge in [-0.2, -0.15) is 0 Å². The monoisotopic (exact) mass is 308 g/mol. The highest BCUT2D eigenvalue weighted by atomic mass is 79.9. The quantitative estimate of drug-likeness (QED) is 0.813. The van der Waals surface area contributed by atoms with Crippen molar-refractivity contribution in [2.24, 2.45) is 7.05 Å². The summed E-state index contributed by atoms with van der Waals surface area (Å²) < 4.78 is 2.54. The average molecular weight is 309 g/mol. The molecule has 0 aliphatic heterocycles. The van der Waals surface area contributed by atoms with Crippen molar-refractivity contribution in [2.45, 2.75) is 6.54 Å². The molecular weight excluding hydrogens is 296 g/mol. The molecule has 0 aromatic carbocycles. The molecule has 1 amide bonds. The maximum absolute atomic E-state index is 12.1. The summed E-state index contributed by atoms with van der Waals surface area (Å²) in [6, 6.07) is 5.27. The summed E-state index contributed by atoms with van der Waals surface area (Å²) in [5.74, 6) is 0.708. The summed E-state index contributed by atoms with van der Waals surface area (Å²) in [6.45, 7) is 0.455. The molecule has 0 saturated carbocycles. The summed E-state index contributed by atoms with van der Waals surface area (Å²) in [7, 11) is 3.64. The van der Waals surface area contributed by atoms with E-state index in [0.717, 1.165) is 5.82 Å². The average Bonchev–Trinajstić information content (AvgIpc) is 2.74. The number of hydrogen-bond acceptors (Lipinski definition) is 3. The normalized spacial score (nSPS) is 10.4. The molecule has 2 aromatic rings. The maximum Gasteiger partial charge on any atom is 0.272 e. The Labute approximate surface area is 114 Å². The van der Waals surface area contributed by atoms with Crippen molar-refractivity contribution < 1.29 is 4.79 Å². The van der Waals surface area contributed by atoms with Crippen LogP contribution in [0.25, 0.3) is 0 Å². The molecule has 94 valence electrons. The van der Waals surface area contributed by atoms with Crippen LogP contribution in [0, 0.1) is 0 Å². The lowest BCUT2D eigenvalue weighted by molar-refractivity contribution is 0.0774. The lowest BCUT2D eigenvalue weighted by atomic mass is 10.3. The fourth-order valence-electron chi connectivity index (χ4n) is 1.56. The summed E-state index contributed by atoms with van der Waals surface area (Å²) in [6.07, 6.45) is 3.57. The van der Waals surface area contributed by atoms with Crippen LogP contribution in [0.5, 0.6) is 0 Å². The third-order valence-corrected chi connectivity index (χ3v) is 3.02. The van der Waals surface area contributed by atoms with Gasteiger partial charge in [0, 0.05) is 26.5 Å². The van der Waals surface area contributed by atoms with Gasteiger partial charge in [-0.25, -0.2) is 9.97 Å². The summed E-state index contributed by atoms with van der Waals surface area (Å²) in [5, 5.41) is 0. The molecule has 0 aliphatic rings. The minimum absolute atomic E-state index is 0.126. The first-order valence-electron chi connectivity index (χ1n) is 5.42. The second kappa shape index (κ2) is 5.30. The van der Waals surface area contributed by atoms with Crippen LogP contribution in [0.2, 0.25) is 0 Å². The van der Waals surface area contributed by atoms with Crippen LogP contribution >= 0.6 is 15.9 Å². The zero-order chi connectivity index (χ0) is 13.1. The van der Waals surface area contributed by atoms with Gasteiger partial charge in [-0.05, 0) is 28.1 Å². The third kappa shape index (κ3) is 2.76. The Hall–Kier alpha value is -1.69. The Morgan fingerprint density at radius 2 is 2.28 bits per heavy atom. The van der Waals surface area contributed by atoms with E-state index in [1.807, 2.05) is 17.8 Å². The van der Waals surface area contributed by atoms with Crippen LogP contribution in [-0.4, -0.2) is 32.4 Å². The highest BCUT2D eigenvalue weighted by Gasteiger charge is 2.15. The maximum atomic E-state index is 12.1. The van der Waals surface area contributed by atoms with Crippen LogP contribution in [-0.2, 0) is 13.6 Å². The van der Waals surface area contributed by atoms with E-state index in [0.29, 0.717) is 16.8 Å². The number of carbonyl (C=O) groups is 1. The van der Waals surface area contributed by atoms with Gasteiger partial charge in [-0.3, -0.25) is 4.79 Å². The zero-order valence-electron chi connectivity index (χ0n) is 10.2. The molecule has 2 heterocycles. The minimum atomic E-state index is -0.126. The Balaban J connectivity index is 2.12. The van der Waals surface area contributed by atoms with Crippen molar-refractivity contribution in [2.75, 3.05) is 7.05 Å². The molecule has 0 atom stereocenters. The first-order valence-corrected chi connectivity index (χ1v) is 6.21. The lowest BCUT2D eigenvalue weighted by Crippen LogP contribution is -2.28. The Bertz CT molecular complexity index is 567. The van der Waals surface area contributed by atoms with E-state index in [9.17, 15) is 4.79 Å². The van der Waals surface area contributed by atoms with Crippen LogP contribution in [0.1, 0.15) is 16.3 Å². The van der Waals surface area contributed by atoms with Gasteiger partial charge in [0.05, 0.1) is 6.54 Å². The second-order valence-corrected chi connectivity index (χ2v) is 4.77. The van der Waals surface area contributed by atoms with E-state index in [1.165, 1.54) is 0 Å². The molecule has 0 radical (unpaired) electrons. The van der Waals surface area contributed by atoms with Crippen molar-refractivity contribution >= 4 is 21.8 Å². The van der Waals surface area contributed by atoms with E-state index in [2.05, 4.69) is 25.9 Å². The van der Waals surface area contributed by atoms with Gasteiger partial charge in [-0.1, -0.05) is 6.07 Å². The van der Waals surface area contributed by atoms with Crippen molar-refractivity contribution in [1.82, 2.24) is 19.4 Å². The molecule has 18 heavy (non-hydrogen) atoms. The molecule has 0 aliphatic carbocycles. The number of pyridine rings is 1. The Kier molecular flexibility index (Phi) is 3.76. The highest BCUT2D eigenvalue weighted by Crippen LogP contribution is 2.09. The largest absolute Gasteiger partial charge is 0.337 e. The van der Waals surface area contributed by atoms with E-state index in [1.54, 1.807) is 36.3 Å². The molecule has 0 spiro atoms. The molecule has 0 N–H and O–H groups in total. The number of halogens is 1. The van der Waals surface area contributed by atoms with Gasteiger partial charge < -0.3 is 9.47 Å². The van der Waals surface area contributed by atoms with Gasteiger partial charge in [0.1, 0.15) is 16.1 Å². The minimum Gasteiger partial charge on any atom is -0.337 e. The molecule has 6 heteroatoms. The van der Waals surface area contributed by atoms with Crippen molar-refractivity contribution in [1.29, 1.82) is 0 Å². The van der Waals surface area contributed by atoms with Crippen molar-refractivity contribution in [3.8, 4) is 0 Å². The van der Waals surface area contributed by atoms with Gasteiger partial charge in [0.25, 0.3) is 5.91 Å². The molecule has 2 aromatic heterocycles. The Morgan fingerprint density at radius 1 is 1.50 bits per heavy atom. The Morgan fingerprint density at radius 3 is 2.89 bits per heavy atom. The predicted octanol–water partition coefficient (Wildman–Crippen LogP) is 1.85. The topological polar surface area (TPSA) is 51.0 Å². The smallest absolute Gasteiger partial charge is 0.272 e. The summed E-state index contributed by atoms with van der Waals surface area (Å²) >= 11 is 3.25. The third-order valence-electron chi connectivity index (χ3n) is 2.58. The molecule has 0 unspecified atom stereocenters. The van der Waals surface area contributed by atoms with Gasteiger partial charge in [-0.15, -0.1) is 0 Å².